The minimum Gasteiger partial charge on any atom is -0.380 e. The molecule has 17 heteroatoms. The summed E-state index contributed by atoms with van der Waals surface area (Å²) in [7, 11) is -10.9. The molecule has 1 saturated heterocycles. The van der Waals surface area contributed by atoms with Crippen molar-refractivity contribution in [2.45, 2.75) is 115 Å². The van der Waals surface area contributed by atoms with Gasteiger partial charge in [0, 0.05) is 71.2 Å². The van der Waals surface area contributed by atoms with E-state index in [9.17, 15) is 34.8 Å². The minimum absolute atomic E-state index is 0.00966. The molecule has 10 nitrogen and oxygen atoms in total. The Bertz CT molecular complexity index is 2620. The van der Waals surface area contributed by atoms with Crippen molar-refractivity contribution >= 4 is 66.1 Å². The number of carbonyl (C=O) groups excluding carboxylic acids is 1. The smallest absolute Gasteiger partial charge is 0.380 e. The van der Waals surface area contributed by atoms with Crippen LogP contribution in [0.4, 0.5) is 24.5 Å². The summed E-state index contributed by atoms with van der Waals surface area (Å²) < 4.78 is 98.5. The first-order chi connectivity index (χ1) is 32.6. The van der Waals surface area contributed by atoms with Crippen LogP contribution in [0.25, 0.3) is 5.57 Å². The van der Waals surface area contributed by atoms with E-state index in [1.54, 1.807) is 12.1 Å². The monoisotopic (exact) mass is 1010 g/mol. The maximum absolute atomic E-state index is 14.3. The second-order valence-electron chi connectivity index (χ2n) is 18.8. The van der Waals surface area contributed by atoms with Gasteiger partial charge < -0.3 is 15.5 Å². The van der Waals surface area contributed by atoms with E-state index in [0.717, 1.165) is 92.6 Å². The Balaban J connectivity index is 0.921. The Hall–Kier alpha value is -4.06. The molecule has 1 atom stereocenters. The Morgan fingerprint density at radius 2 is 1.51 bits per heavy atom. The van der Waals surface area contributed by atoms with E-state index < -0.39 is 47.1 Å². The van der Waals surface area contributed by atoms with Crippen LogP contribution in [0.15, 0.2) is 117 Å². The number of hydrogen-bond donors (Lipinski definition) is 3. The lowest BCUT2D eigenvalue weighted by Gasteiger charge is -2.37. The van der Waals surface area contributed by atoms with Crippen LogP contribution in [-0.4, -0.2) is 89.8 Å². The zero-order chi connectivity index (χ0) is 47.9. The van der Waals surface area contributed by atoms with Gasteiger partial charge in [0.25, 0.3) is 25.8 Å². The predicted molar refractivity (Wildman–Crippen MR) is 267 cm³/mol. The SMILES string of the molecule is O=C(NS(=O)(=O)c1ccc(N[C@H](CCNC2(CC3CCCCC3)CC2)CSc2ccccc2)c(S(=O)(=O)C(F)(F)F)c1)c1ccc(N2CCN(CC3=C(c4ccc(Cl)cc4)CCCC3)CC2)cc1. The van der Waals surface area contributed by atoms with Gasteiger partial charge in [-0.3, -0.25) is 9.69 Å². The van der Waals surface area contributed by atoms with Crippen LogP contribution in [-0.2, 0) is 19.9 Å². The molecule has 4 aromatic carbocycles. The molecule has 366 valence electrons. The fourth-order valence-corrected chi connectivity index (χ4v) is 13.1. The molecular weight excluding hydrogens is 951 g/mol. The molecule has 1 heterocycles. The summed E-state index contributed by atoms with van der Waals surface area (Å²) in [4.78, 5) is 16.9. The van der Waals surface area contributed by atoms with Crippen LogP contribution in [0.2, 0.25) is 5.02 Å². The fraction of sp³-hybridized carbons (Fsp3) is 0.471. The van der Waals surface area contributed by atoms with Crippen LogP contribution in [0.1, 0.15) is 99.4 Å². The molecule has 0 unspecified atom stereocenters. The molecule has 0 bridgehead atoms. The molecule has 1 amide bonds. The number of hydrogen-bond acceptors (Lipinski definition) is 10. The molecule has 3 fully saturated rings. The molecule has 2 saturated carbocycles. The van der Waals surface area contributed by atoms with Gasteiger partial charge in [0.05, 0.1) is 10.6 Å². The average molecular weight is 1010 g/mol. The van der Waals surface area contributed by atoms with Gasteiger partial charge >= 0.3 is 5.51 Å². The van der Waals surface area contributed by atoms with Crippen molar-refractivity contribution in [3.8, 4) is 0 Å². The maximum Gasteiger partial charge on any atom is 0.501 e. The van der Waals surface area contributed by atoms with Gasteiger partial charge in [-0.1, -0.05) is 79.6 Å². The van der Waals surface area contributed by atoms with E-state index in [4.69, 9.17) is 11.6 Å². The van der Waals surface area contributed by atoms with Crippen molar-refractivity contribution in [3.63, 3.8) is 0 Å². The quantitative estimate of drug-likeness (QED) is 0.0781. The Kier molecular flexibility index (Phi) is 16.2. The van der Waals surface area contributed by atoms with E-state index in [0.29, 0.717) is 30.7 Å². The van der Waals surface area contributed by atoms with Crippen LogP contribution in [0, 0.1) is 5.92 Å². The first-order valence-electron chi connectivity index (χ1n) is 23.8. The molecule has 1 aliphatic heterocycles. The Morgan fingerprint density at radius 3 is 2.19 bits per heavy atom. The molecule has 8 rings (SSSR count). The van der Waals surface area contributed by atoms with Gasteiger partial charge in [0.1, 0.15) is 4.90 Å². The van der Waals surface area contributed by atoms with Crippen LogP contribution < -0.4 is 20.3 Å². The van der Waals surface area contributed by atoms with Crippen LogP contribution in [0.5, 0.6) is 0 Å². The number of carbonyl (C=O) groups is 1. The van der Waals surface area contributed by atoms with E-state index in [-0.39, 0.29) is 16.8 Å². The normalized spacial score (nSPS) is 18.9. The number of allylic oxidation sites excluding steroid dienone is 1. The first-order valence-corrected chi connectivity index (χ1v) is 28.2. The van der Waals surface area contributed by atoms with E-state index in [2.05, 4.69) is 32.6 Å². The second-order valence-corrected chi connectivity index (χ2v) is 23.9. The number of rotatable bonds is 19. The van der Waals surface area contributed by atoms with E-state index in [1.807, 2.05) is 47.2 Å². The summed E-state index contributed by atoms with van der Waals surface area (Å²) in [6.45, 7) is 4.63. The zero-order valence-corrected chi connectivity index (χ0v) is 41.4. The molecule has 3 aliphatic carbocycles. The number of anilines is 2. The molecule has 0 radical (unpaired) electrons. The summed E-state index contributed by atoms with van der Waals surface area (Å²) in [5.74, 6) is 0.0617. The highest BCUT2D eigenvalue weighted by atomic mass is 35.5. The van der Waals surface area contributed by atoms with Gasteiger partial charge in [-0.05, 0) is 142 Å². The third kappa shape index (κ3) is 12.8. The number of thioether (sulfide) groups is 1. The van der Waals surface area contributed by atoms with Crippen molar-refractivity contribution in [1.82, 2.24) is 14.9 Å². The number of halogens is 4. The lowest BCUT2D eigenvalue weighted by atomic mass is 9.84. The van der Waals surface area contributed by atoms with Gasteiger partial charge in [-0.25, -0.2) is 21.6 Å². The summed E-state index contributed by atoms with van der Waals surface area (Å²) in [6, 6.07) is 26.0. The number of nitrogens with zero attached hydrogens (tertiary/aromatic N) is 2. The predicted octanol–water partition coefficient (Wildman–Crippen LogP) is 11.0. The van der Waals surface area contributed by atoms with Gasteiger partial charge in [0.2, 0.25) is 0 Å². The zero-order valence-electron chi connectivity index (χ0n) is 38.2. The summed E-state index contributed by atoms with van der Waals surface area (Å²) in [6.07, 6.45) is 14.4. The van der Waals surface area contributed by atoms with Crippen molar-refractivity contribution in [2.24, 2.45) is 5.92 Å². The van der Waals surface area contributed by atoms with Gasteiger partial charge in [-0.15, -0.1) is 11.8 Å². The molecule has 4 aromatic rings. The van der Waals surface area contributed by atoms with Gasteiger partial charge in [0.15, 0.2) is 0 Å². The van der Waals surface area contributed by atoms with Crippen molar-refractivity contribution < 1.29 is 34.8 Å². The topological polar surface area (TPSA) is 128 Å². The number of sulfonamides is 1. The Labute approximate surface area is 408 Å². The van der Waals surface area contributed by atoms with E-state index in [1.165, 1.54) is 85.6 Å². The number of piperazine rings is 1. The summed E-state index contributed by atoms with van der Waals surface area (Å²) in [5, 5.41) is 7.51. The number of nitrogens with one attached hydrogen (secondary N) is 3. The highest BCUT2D eigenvalue weighted by Gasteiger charge is 2.49. The van der Waals surface area contributed by atoms with Crippen molar-refractivity contribution in [3.05, 3.63) is 119 Å². The molecule has 68 heavy (non-hydrogen) atoms. The fourth-order valence-electron chi connectivity index (χ4n) is 9.97. The van der Waals surface area contributed by atoms with E-state index >= 15 is 0 Å². The largest absolute Gasteiger partial charge is 0.501 e. The standard InChI is InChI=1S/C51H61ClF3N5O5S3/c52-41-19-15-38(16-20-41)46-14-8-7-11-40(46)35-59-29-31-60(32-30-59)43-21-17-39(18-22-43)49(61)58-68(64,65)45-23-24-47(48(33-45)67(62,63)51(53,54)55)57-42(36-66-44-12-5-2-6-13-44)25-28-56-50(26-27-50)34-37-9-3-1-4-10-37/h2,5-6,12-13,15-24,33,37,42,56-57H,1,3-4,7-11,14,25-32,34-36H2,(H,58,61)/t42-/m1/s1. The lowest BCUT2D eigenvalue weighted by Crippen LogP contribution is -2.47. The van der Waals surface area contributed by atoms with Gasteiger partial charge in [-0.2, -0.15) is 13.2 Å². The molecular formula is C51H61ClF3N5O5S3. The highest BCUT2D eigenvalue weighted by Crippen LogP contribution is 2.44. The molecule has 3 N–H and O–H groups in total. The maximum atomic E-state index is 14.3. The average Bonchev–Trinajstić information content (AvgIpc) is 4.10. The molecule has 0 spiro atoms. The minimum atomic E-state index is -6.05. The molecule has 4 aliphatic rings. The second kappa shape index (κ2) is 21.9. The number of alkyl halides is 3. The lowest BCUT2D eigenvalue weighted by molar-refractivity contribution is -0.0435. The summed E-state index contributed by atoms with van der Waals surface area (Å²) >= 11 is 7.64. The Morgan fingerprint density at radius 1 is 0.824 bits per heavy atom. The first kappa shape index (κ1) is 50.3. The molecule has 0 aromatic heterocycles. The van der Waals surface area contributed by atoms with Crippen LogP contribution >= 0.6 is 23.4 Å². The van der Waals surface area contributed by atoms with Crippen molar-refractivity contribution in [2.75, 3.05) is 55.2 Å². The summed E-state index contributed by atoms with van der Waals surface area (Å²) in [5.41, 5.74) is -1.08. The highest BCUT2D eigenvalue weighted by molar-refractivity contribution is 7.99. The third-order valence-corrected chi connectivity index (χ3v) is 18.2. The van der Waals surface area contributed by atoms with Crippen molar-refractivity contribution in [1.29, 1.82) is 0 Å². The number of amides is 1. The third-order valence-electron chi connectivity index (χ3n) is 13.9. The number of sulfone groups is 1. The number of benzene rings is 4. The van der Waals surface area contributed by atoms with Crippen LogP contribution in [0.3, 0.4) is 0 Å².